The van der Waals surface area contributed by atoms with E-state index in [0.29, 0.717) is 0 Å². The summed E-state index contributed by atoms with van der Waals surface area (Å²) in [6.45, 7) is 5.71. The maximum Gasteiger partial charge on any atom is 0.184 e. The van der Waals surface area contributed by atoms with E-state index in [1.807, 2.05) is 20.8 Å². The fourth-order valence-electron chi connectivity index (χ4n) is 1.15. The largest absolute Gasteiger partial charge is 0.365 e. The van der Waals surface area contributed by atoms with Crippen LogP contribution in [0.5, 0.6) is 0 Å². The number of ketones is 1. The van der Waals surface area contributed by atoms with Crippen LogP contribution in [0.25, 0.3) is 0 Å². The van der Waals surface area contributed by atoms with Gasteiger partial charge in [-0.25, -0.2) is 0 Å². The highest BCUT2D eigenvalue weighted by molar-refractivity contribution is 5.94. The molecule has 68 valence electrons. The van der Waals surface area contributed by atoms with Crippen LogP contribution in [0.15, 0.2) is 12.2 Å². The maximum absolute atomic E-state index is 11.3. The highest BCUT2D eigenvalue weighted by atomic mass is 16.6. The minimum Gasteiger partial charge on any atom is -0.365 e. The summed E-state index contributed by atoms with van der Waals surface area (Å²) in [5, 5.41) is 9.10. The van der Waals surface area contributed by atoms with Gasteiger partial charge >= 0.3 is 0 Å². The van der Waals surface area contributed by atoms with Gasteiger partial charge in [0.2, 0.25) is 0 Å². The summed E-state index contributed by atoms with van der Waals surface area (Å²) in [5.74, 6) is -0.0761. The minimum atomic E-state index is -0.938. The number of hydrogen-bond acceptors (Lipinski definition) is 3. The summed E-state index contributed by atoms with van der Waals surface area (Å²) in [6.07, 6.45) is 1.26. The van der Waals surface area contributed by atoms with E-state index in [1.54, 1.807) is 0 Å². The molecule has 1 aliphatic rings. The fraction of sp³-hybridized carbons (Fsp3) is 0.667. The molecule has 1 aliphatic heterocycles. The number of aliphatic hydroxyl groups excluding tert-OH is 1. The molecule has 0 aromatic carbocycles. The number of aliphatic hydroxyl groups is 1. The van der Waals surface area contributed by atoms with E-state index >= 15 is 0 Å². The van der Waals surface area contributed by atoms with Crippen LogP contribution < -0.4 is 0 Å². The number of hydrogen-bond donors (Lipinski definition) is 1. The molecule has 1 N–H and O–H groups in total. The Morgan fingerprint density at radius 2 is 2.08 bits per heavy atom. The molecule has 0 amide bonds. The number of carbonyl (C=O) groups excluding carboxylic acids is 1. The molecule has 2 atom stereocenters. The van der Waals surface area contributed by atoms with Gasteiger partial charge in [-0.15, -0.1) is 0 Å². The van der Waals surface area contributed by atoms with E-state index in [9.17, 15) is 4.79 Å². The fourth-order valence-corrected chi connectivity index (χ4v) is 1.15. The van der Waals surface area contributed by atoms with Gasteiger partial charge in [0.25, 0.3) is 0 Å². The molecule has 0 spiro atoms. The monoisotopic (exact) mass is 170 g/mol. The Morgan fingerprint density at radius 1 is 1.50 bits per heavy atom. The zero-order valence-corrected chi connectivity index (χ0v) is 7.57. The highest BCUT2D eigenvalue weighted by Crippen LogP contribution is 2.26. The first-order valence-corrected chi connectivity index (χ1v) is 3.97. The van der Waals surface area contributed by atoms with Crippen molar-refractivity contribution in [3.8, 4) is 0 Å². The quantitative estimate of drug-likeness (QED) is 0.587. The Morgan fingerprint density at radius 3 is 2.50 bits per heavy atom. The summed E-state index contributed by atoms with van der Waals surface area (Å²) in [4.78, 5) is 11.3. The van der Waals surface area contributed by atoms with Crippen LogP contribution in [-0.2, 0) is 9.53 Å². The van der Waals surface area contributed by atoms with Crippen LogP contribution in [0.2, 0.25) is 0 Å². The van der Waals surface area contributed by atoms with Gasteiger partial charge in [-0.1, -0.05) is 20.8 Å². The summed E-state index contributed by atoms with van der Waals surface area (Å²) in [6, 6.07) is 0. The van der Waals surface area contributed by atoms with Crippen molar-refractivity contribution in [3.05, 3.63) is 12.2 Å². The SMILES string of the molecule is CC(C)(C)C1OC(O)C=CC1=O. The molecule has 0 fully saturated rings. The van der Waals surface area contributed by atoms with E-state index in [4.69, 9.17) is 9.84 Å². The third kappa shape index (κ3) is 1.93. The van der Waals surface area contributed by atoms with Crippen LogP contribution in [0, 0.1) is 5.41 Å². The summed E-state index contributed by atoms with van der Waals surface area (Å²) >= 11 is 0. The van der Waals surface area contributed by atoms with Gasteiger partial charge in [0, 0.05) is 0 Å². The zero-order chi connectivity index (χ0) is 9.35. The molecular weight excluding hydrogens is 156 g/mol. The molecule has 1 rings (SSSR count). The molecule has 2 unspecified atom stereocenters. The summed E-state index contributed by atoms with van der Waals surface area (Å²) in [7, 11) is 0. The molecule has 1 heterocycles. The number of rotatable bonds is 0. The van der Waals surface area contributed by atoms with E-state index in [2.05, 4.69) is 0 Å². The Balaban J connectivity index is 2.80. The Hall–Kier alpha value is -0.670. The van der Waals surface area contributed by atoms with Gasteiger partial charge in [-0.05, 0) is 17.6 Å². The zero-order valence-electron chi connectivity index (χ0n) is 7.57. The summed E-state index contributed by atoms with van der Waals surface area (Å²) in [5.41, 5.74) is -0.261. The van der Waals surface area contributed by atoms with E-state index in [0.717, 1.165) is 0 Å². The average molecular weight is 170 g/mol. The molecule has 0 bridgehead atoms. The molecule has 0 radical (unpaired) electrons. The van der Waals surface area contributed by atoms with Gasteiger partial charge in [0.15, 0.2) is 12.1 Å². The van der Waals surface area contributed by atoms with Crippen LogP contribution in [0.4, 0.5) is 0 Å². The third-order valence-corrected chi connectivity index (χ3v) is 1.75. The predicted molar refractivity (Wildman–Crippen MR) is 44.5 cm³/mol. The van der Waals surface area contributed by atoms with Crippen molar-refractivity contribution in [1.82, 2.24) is 0 Å². The molecule has 3 nitrogen and oxygen atoms in total. The number of carbonyl (C=O) groups is 1. The van der Waals surface area contributed by atoms with E-state index in [-0.39, 0.29) is 11.2 Å². The Kier molecular flexibility index (Phi) is 2.35. The van der Waals surface area contributed by atoms with Crippen molar-refractivity contribution in [3.63, 3.8) is 0 Å². The molecule has 0 saturated heterocycles. The molecule has 0 saturated carbocycles. The second kappa shape index (κ2) is 2.99. The van der Waals surface area contributed by atoms with Gasteiger partial charge in [0.1, 0.15) is 6.10 Å². The standard InChI is InChI=1S/C9H14O3/c1-9(2,3)8-6(10)4-5-7(11)12-8/h4-5,7-8,11H,1-3H3. The van der Waals surface area contributed by atoms with Gasteiger partial charge < -0.3 is 9.84 Å². The van der Waals surface area contributed by atoms with Crippen LogP contribution in [0.1, 0.15) is 20.8 Å². The van der Waals surface area contributed by atoms with Crippen molar-refractivity contribution in [2.24, 2.45) is 5.41 Å². The van der Waals surface area contributed by atoms with Crippen LogP contribution in [0.3, 0.4) is 0 Å². The lowest BCUT2D eigenvalue weighted by molar-refractivity contribution is -0.163. The molecule has 0 aromatic rings. The van der Waals surface area contributed by atoms with Crippen LogP contribution >= 0.6 is 0 Å². The second-order valence-electron chi connectivity index (χ2n) is 4.03. The first-order chi connectivity index (χ1) is 5.41. The van der Waals surface area contributed by atoms with Crippen molar-refractivity contribution < 1.29 is 14.6 Å². The molecule has 0 aliphatic carbocycles. The Bertz CT molecular complexity index is 212. The van der Waals surface area contributed by atoms with Crippen molar-refractivity contribution in [2.45, 2.75) is 33.2 Å². The van der Waals surface area contributed by atoms with Crippen molar-refractivity contribution in [2.75, 3.05) is 0 Å². The molecule has 12 heavy (non-hydrogen) atoms. The molecular formula is C9H14O3. The number of ether oxygens (including phenoxy) is 1. The lowest BCUT2D eigenvalue weighted by Crippen LogP contribution is -2.41. The Labute approximate surface area is 72.0 Å². The first-order valence-electron chi connectivity index (χ1n) is 3.97. The van der Waals surface area contributed by atoms with Crippen LogP contribution in [-0.4, -0.2) is 23.3 Å². The van der Waals surface area contributed by atoms with Crippen molar-refractivity contribution in [1.29, 1.82) is 0 Å². The van der Waals surface area contributed by atoms with Gasteiger partial charge in [-0.2, -0.15) is 0 Å². The topological polar surface area (TPSA) is 46.5 Å². The minimum absolute atomic E-state index is 0.0761. The highest BCUT2D eigenvalue weighted by Gasteiger charge is 2.34. The summed E-state index contributed by atoms with van der Waals surface area (Å²) < 4.78 is 5.08. The van der Waals surface area contributed by atoms with E-state index in [1.165, 1.54) is 12.2 Å². The van der Waals surface area contributed by atoms with Gasteiger partial charge in [-0.3, -0.25) is 4.79 Å². The van der Waals surface area contributed by atoms with Gasteiger partial charge in [0.05, 0.1) is 0 Å². The second-order valence-corrected chi connectivity index (χ2v) is 4.03. The smallest absolute Gasteiger partial charge is 0.184 e. The molecule has 0 aromatic heterocycles. The lowest BCUT2D eigenvalue weighted by atomic mass is 9.85. The third-order valence-electron chi connectivity index (χ3n) is 1.75. The average Bonchev–Trinajstić information content (AvgIpc) is 1.92. The normalized spacial score (nSPS) is 30.8. The maximum atomic E-state index is 11.3. The predicted octanol–water partition coefficient (Wildman–Crippen LogP) is 0.875. The van der Waals surface area contributed by atoms with E-state index < -0.39 is 12.4 Å². The first kappa shape index (κ1) is 9.42. The molecule has 3 heteroatoms. The van der Waals surface area contributed by atoms with Crippen molar-refractivity contribution >= 4 is 5.78 Å². The lowest BCUT2D eigenvalue weighted by Gasteiger charge is -2.31.